The van der Waals surface area contributed by atoms with Gasteiger partial charge in [-0.15, -0.1) is 0 Å². The summed E-state index contributed by atoms with van der Waals surface area (Å²) in [5.41, 5.74) is 6.09. The Labute approximate surface area is 203 Å². The van der Waals surface area contributed by atoms with Crippen molar-refractivity contribution in [2.45, 2.75) is 50.8 Å². The third-order valence-corrected chi connectivity index (χ3v) is 20.7. The molecular formula is C28H35PSe2. The van der Waals surface area contributed by atoms with Crippen LogP contribution in [-0.4, -0.2) is 41.9 Å². The van der Waals surface area contributed by atoms with Crippen molar-refractivity contribution in [2.24, 2.45) is 0 Å². The van der Waals surface area contributed by atoms with E-state index in [0.29, 0.717) is 19.3 Å². The fourth-order valence-corrected chi connectivity index (χ4v) is 18.6. The second-order valence-electron chi connectivity index (χ2n) is 9.35. The summed E-state index contributed by atoms with van der Waals surface area (Å²) in [6, 6.07) is 31.5. The van der Waals surface area contributed by atoms with E-state index < -0.39 is 4.20 Å². The van der Waals surface area contributed by atoms with Gasteiger partial charge in [0.25, 0.3) is 0 Å². The first-order valence-corrected chi connectivity index (χ1v) is 18.8. The van der Waals surface area contributed by atoms with Gasteiger partial charge in [0.1, 0.15) is 0 Å². The van der Waals surface area contributed by atoms with Crippen LogP contribution in [0.4, 0.5) is 0 Å². The molecule has 0 nitrogen and oxygen atoms in total. The summed E-state index contributed by atoms with van der Waals surface area (Å²) in [6.07, 6.45) is 5.00. The Kier molecular flexibility index (Phi) is 9.04. The Balaban J connectivity index is 1.73. The van der Waals surface area contributed by atoms with Crippen molar-refractivity contribution in [1.82, 2.24) is 0 Å². The van der Waals surface area contributed by atoms with Gasteiger partial charge in [-0.1, -0.05) is 0 Å². The number of rotatable bonds is 9. The molecule has 31 heavy (non-hydrogen) atoms. The van der Waals surface area contributed by atoms with Gasteiger partial charge in [-0.3, -0.25) is 0 Å². The number of aryl methyl sites for hydroxylation is 2. The number of benzene rings is 3. The maximum absolute atomic E-state index is 3.81. The standard InChI is InChI=1S/C28H35PSe2/c1-23(26-15-17-27(18-16-26)28(2,3)4)31-29(30,21-19-24-11-7-5-8-12-24)22-20-25-13-9-6-10-14-25/h5-18,23H,19-22H2,1-4H3. The summed E-state index contributed by atoms with van der Waals surface area (Å²) >= 11 is 4.39. The zero-order chi connectivity index (χ0) is 22.3. The third kappa shape index (κ3) is 7.89. The number of hydrogen-bond acceptors (Lipinski definition) is 0. The van der Waals surface area contributed by atoms with Gasteiger partial charge in [-0.05, 0) is 0 Å². The van der Waals surface area contributed by atoms with E-state index in [4.69, 9.17) is 0 Å². The molecule has 0 saturated carbocycles. The first-order valence-electron chi connectivity index (χ1n) is 11.2. The molecule has 1 unspecified atom stereocenters. The summed E-state index contributed by atoms with van der Waals surface area (Å²) in [6.45, 7) is 9.32. The first kappa shape index (κ1) is 24.8. The average Bonchev–Trinajstić information content (AvgIpc) is 2.77. The van der Waals surface area contributed by atoms with Crippen LogP contribution in [0.15, 0.2) is 84.9 Å². The van der Waals surface area contributed by atoms with Crippen LogP contribution in [0.1, 0.15) is 54.8 Å². The Hall–Kier alpha value is -0.871. The molecule has 3 aromatic carbocycles. The molecule has 0 aromatic heterocycles. The summed E-state index contributed by atoms with van der Waals surface area (Å²) in [5, 5.41) is 0. The average molecular weight is 560 g/mol. The van der Waals surface area contributed by atoms with Crippen LogP contribution >= 0.6 is 4.20 Å². The van der Waals surface area contributed by atoms with Crippen LogP contribution in [0.3, 0.4) is 0 Å². The molecule has 0 spiro atoms. The summed E-state index contributed by atoms with van der Waals surface area (Å²) in [5.74, 6) is 0. The van der Waals surface area contributed by atoms with E-state index >= 15 is 0 Å². The van der Waals surface area contributed by atoms with Crippen LogP contribution in [0, 0.1) is 0 Å². The van der Waals surface area contributed by atoms with Crippen molar-refractivity contribution in [1.29, 1.82) is 0 Å². The minimum absolute atomic E-state index is 0.216. The van der Waals surface area contributed by atoms with Crippen molar-refractivity contribution in [2.75, 3.05) is 12.3 Å². The predicted molar refractivity (Wildman–Crippen MR) is 142 cm³/mol. The van der Waals surface area contributed by atoms with Crippen LogP contribution < -0.4 is 0 Å². The van der Waals surface area contributed by atoms with E-state index in [1.54, 1.807) is 0 Å². The molecule has 0 bridgehead atoms. The van der Waals surface area contributed by atoms with Gasteiger partial charge in [0.2, 0.25) is 0 Å². The zero-order valence-corrected chi connectivity index (χ0v) is 23.6. The zero-order valence-electron chi connectivity index (χ0n) is 19.3. The topological polar surface area (TPSA) is 0 Å². The second-order valence-corrected chi connectivity index (χ2v) is 27.2. The van der Waals surface area contributed by atoms with Crippen LogP contribution in [0.5, 0.6) is 0 Å². The van der Waals surface area contributed by atoms with Crippen LogP contribution in [0.2, 0.25) is 0 Å². The minimum atomic E-state index is -1.13. The Morgan fingerprint density at radius 3 is 1.61 bits per heavy atom. The quantitative estimate of drug-likeness (QED) is 0.191. The summed E-state index contributed by atoms with van der Waals surface area (Å²) in [7, 11) is 0. The van der Waals surface area contributed by atoms with Gasteiger partial charge < -0.3 is 0 Å². The van der Waals surface area contributed by atoms with E-state index in [1.807, 2.05) is 0 Å². The molecule has 0 aliphatic carbocycles. The van der Waals surface area contributed by atoms with Gasteiger partial charge >= 0.3 is 204 Å². The molecule has 3 heteroatoms. The molecule has 3 aromatic rings. The van der Waals surface area contributed by atoms with E-state index in [1.165, 1.54) is 47.4 Å². The third-order valence-electron chi connectivity index (χ3n) is 5.76. The Bertz CT molecular complexity index is 926. The van der Waals surface area contributed by atoms with Crippen molar-refractivity contribution < 1.29 is 0 Å². The van der Waals surface area contributed by atoms with Crippen LogP contribution in [-0.2, 0) is 18.3 Å². The molecule has 0 radical (unpaired) electrons. The van der Waals surface area contributed by atoms with Gasteiger partial charge in [-0.25, -0.2) is 0 Å². The molecule has 0 N–H and O–H groups in total. The normalized spacial score (nSPS) is 13.2. The van der Waals surface area contributed by atoms with Gasteiger partial charge in [0, 0.05) is 0 Å². The number of hydrogen-bond donors (Lipinski definition) is 0. The van der Waals surface area contributed by atoms with E-state index in [9.17, 15) is 0 Å². The van der Waals surface area contributed by atoms with Crippen LogP contribution in [0.25, 0.3) is 0 Å². The molecule has 3 rings (SSSR count). The fraction of sp³-hybridized carbons (Fsp3) is 0.357. The van der Waals surface area contributed by atoms with Crippen molar-refractivity contribution >= 4 is 33.8 Å². The van der Waals surface area contributed by atoms with Crippen molar-refractivity contribution in [3.8, 4) is 0 Å². The monoisotopic (exact) mass is 562 g/mol. The second kappa shape index (κ2) is 11.3. The first-order chi connectivity index (χ1) is 14.8. The van der Waals surface area contributed by atoms with E-state index in [-0.39, 0.29) is 5.41 Å². The van der Waals surface area contributed by atoms with Crippen molar-refractivity contribution in [3.05, 3.63) is 107 Å². The molecule has 0 heterocycles. The Morgan fingerprint density at radius 2 is 1.19 bits per heavy atom. The van der Waals surface area contributed by atoms with Gasteiger partial charge in [0.15, 0.2) is 0 Å². The molecule has 0 aliphatic rings. The molecule has 164 valence electrons. The maximum atomic E-state index is 3.81. The predicted octanol–water partition coefficient (Wildman–Crippen LogP) is 7.25. The van der Waals surface area contributed by atoms with E-state index in [0.717, 1.165) is 0 Å². The fourth-order valence-electron chi connectivity index (χ4n) is 3.71. The molecule has 0 aliphatic heterocycles. The molecule has 0 saturated heterocycles. The molecular weight excluding hydrogens is 525 g/mol. The molecule has 1 atom stereocenters. The van der Waals surface area contributed by atoms with Gasteiger partial charge in [0.05, 0.1) is 0 Å². The van der Waals surface area contributed by atoms with E-state index in [2.05, 4.69) is 128 Å². The SMILES string of the molecule is CC([Se]P(=[Se])(CCc1ccccc1)CCc1ccccc1)c1ccc(C(C)(C)C)cc1. The van der Waals surface area contributed by atoms with Gasteiger partial charge in [-0.2, -0.15) is 0 Å². The Morgan fingerprint density at radius 1 is 0.742 bits per heavy atom. The summed E-state index contributed by atoms with van der Waals surface area (Å²) < 4.78 is -1.13. The summed E-state index contributed by atoms with van der Waals surface area (Å²) in [4.78, 5) is 0.641. The molecule has 0 fully saturated rings. The molecule has 0 amide bonds. The van der Waals surface area contributed by atoms with Crippen molar-refractivity contribution in [3.63, 3.8) is 0 Å².